The van der Waals surface area contributed by atoms with Crippen molar-refractivity contribution in [3.05, 3.63) is 51.2 Å². The molecule has 0 unspecified atom stereocenters. The molecule has 0 aliphatic rings. The van der Waals surface area contributed by atoms with Gasteiger partial charge in [-0.25, -0.2) is 12.8 Å². The average Bonchev–Trinajstić information content (AvgIpc) is 2.51. The highest BCUT2D eigenvalue weighted by Crippen LogP contribution is 2.38. The predicted molar refractivity (Wildman–Crippen MR) is 90.0 cm³/mol. The van der Waals surface area contributed by atoms with Crippen LogP contribution in [0.2, 0.25) is 15.1 Å². The van der Waals surface area contributed by atoms with Crippen molar-refractivity contribution in [3.63, 3.8) is 0 Å². The summed E-state index contributed by atoms with van der Waals surface area (Å²) in [4.78, 5) is -0.201. The number of hydrogen-bond donors (Lipinski definition) is 0. The van der Waals surface area contributed by atoms with E-state index in [1.165, 1.54) is 38.4 Å². The molecular formula is C14H11Cl3FNO3S. The quantitative estimate of drug-likeness (QED) is 0.755. The van der Waals surface area contributed by atoms with Crippen molar-refractivity contribution in [2.24, 2.45) is 0 Å². The lowest BCUT2D eigenvalue weighted by Gasteiger charge is -2.21. The fourth-order valence-electron chi connectivity index (χ4n) is 1.84. The predicted octanol–water partition coefficient (Wildman–Crippen LogP) is 4.62. The number of benzene rings is 2. The zero-order valence-electron chi connectivity index (χ0n) is 12.0. The van der Waals surface area contributed by atoms with Gasteiger partial charge in [-0.05, 0) is 30.3 Å². The first-order chi connectivity index (χ1) is 10.7. The molecule has 4 nitrogen and oxygen atoms in total. The molecule has 0 amide bonds. The van der Waals surface area contributed by atoms with E-state index in [-0.39, 0.29) is 31.4 Å². The first-order valence-corrected chi connectivity index (χ1v) is 8.73. The van der Waals surface area contributed by atoms with Crippen molar-refractivity contribution < 1.29 is 17.5 Å². The Kier molecular flexibility index (Phi) is 5.30. The normalized spacial score (nSPS) is 11.4. The summed E-state index contributed by atoms with van der Waals surface area (Å²) >= 11 is 17.7. The SMILES string of the molecule is COc1ccc(S(=O)(=O)N(C)c2ccc(F)c(Cl)c2)c(Cl)c1Cl. The number of halogens is 4. The van der Waals surface area contributed by atoms with Crippen LogP contribution in [-0.2, 0) is 10.0 Å². The highest BCUT2D eigenvalue weighted by Gasteiger charge is 2.27. The third-order valence-corrected chi connectivity index (χ3v) is 6.23. The first-order valence-electron chi connectivity index (χ1n) is 6.16. The molecule has 9 heteroatoms. The molecule has 0 aliphatic carbocycles. The summed E-state index contributed by atoms with van der Waals surface area (Å²) in [6.07, 6.45) is 0. The van der Waals surface area contributed by atoms with Gasteiger partial charge in [0.2, 0.25) is 0 Å². The van der Waals surface area contributed by atoms with Gasteiger partial charge in [0, 0.05) is 7.05 Å². The number of ether oxygens (including phenoxy) is 1. The summed E-state index contributed by atoms with van der Waals surface area (Å²) in [6.45, 7) is 0. The van der Waals surface area contributed by atoms with E-state index in [1.807, 2.05) is 0 Å². The molecule has 0 aliphatic heterocycles. The molecule has 0 aromatic heterocycles. The van der Waals surface area contributed by atoms with Gasteiger partial charge >= 0.3 is 0 Å². The number of nitrogens with zero attached hydrogens (tertiary/aromatic N) is 1. The van der Waals surface area contributed by atoms with Crippen LogP contribution in [0.1, 0.15) is 0 Å². The van der Waals surface area contributed by atoms with Crippen molar-refractivity contribution in [1.29, 1.82) is 0 Å². The highest BCUT2D eigenvalue weighted by atomic mass is 35.5. The molecule has 0 fully saturated rings. The Morgan fingerprint density at radius 3 is 2.30 bits per heavy atom. The number of methoxy groups -OCH3 is 1. The van der Waals surface area contributed by atoms with Crippen LogP contribution in [0.15, 0.2) is 35.2 Å². The number of sulfonamides is 1. The van der Waals surface area contributed by atoms with E-state index in [2.05, 4.69) is 0 Å². The standard InChI is InChI=1S/C14H11Cl3FNO3S/c1-19(8-3-4-10(18)9(15)7-8)23(20,21)12-6-5-11(22-2)13(16)14(12)17/h3-7H,1-2H3. The Balaban J connectivity index is 2.53. The van der Waals surface area contributed by atoms with Gasteiger partial charge in [-0.3, -0.25) is 4.31 Å². The molecule has 0 bridgehead atoms. The third kappa shape index (κ3) is 3.35. The fraction of sp³-hybridized carbons (Fsp3) is 0.143. The number of rotatable bonds is 4. The molecule has 23 heavy (non-hydrogen) atoms. The monoisotopic (exact) mass is 397 g/mol. The van der Waals surface area contributed by atoms with Gasteiger partial charge in [0.25, 0.3) is 10.0 Å². The van der Waals surface area contributed by atoms with Crippen molar-refractivity contribution in [1.82, 2.24) is 0 Å². The van der Waals surface area contributed by atoms with Gasteiger partial charge in [-0.2, -0.15) is 0 Å². The number of hydrogen-bond acceptors (Lipinski definition) is 3. The Morgan fingerprint density at radius 1 is 1.09 bits per heavy atom. The van der Waals surface area contributed by atoms with Gasteiger partial charge in [-0.15, -0.1) is 0 Å². The summed E-state index contributed by atoms with van der Waals surface area (Å²) < 4.78 is 44.6. The zero-order chi connectivity index (χ0) is 17.4. The van der Waals surface area contributed by atoms with Gasteiger partial charge in [0.15, 0.2) is 0 Å². The van der Waals surface area contributed by atoms with Crippen LogP contribution < -0.4 is 9.04 Å². The Labute approximate surface area is 148 Å². The molecule has 0 spiro atoms. The molecule has 2 rings (SSSR count). The Hall–Kier alpha value is -1.21. The van der Waals surface area contributed by atoms with E-state index in [0.717, 1.165) is 10.4 Å². The van der Waals surface area contributed by atoms with E-state index < -0.39 is 15.8 Å². The maximum Gasteiger partial charge on any atom is 0.265 e. The molecule has 0 heterocycles. The van der Waals surface area contributed by atoms with E-state index in [1.54, 1.807) is 0 Å². The minimum atomic E-state index is -4.02. The summed E-state index contributed by atoms with van der Waals surface area (Å²) in [5.74, 6) is -0.394. The van der Waals surface area contributed by atoms with E-state index in [0.29, 0.717) is 0 Å². The van der Waals surface area contributed by atoms with Gasteiger partial charge in [0.1, 0.15) is 21.5 Å². The second-order valence-corrected chi connectivity index (χ2v) is 7.57. The molecule has 2 aromatic carbocycles. The maximum atomic E-state index is 13.2. The van der Waals surface area contributed by atoms with Gasteiger partial charge < -0.3 is 4.74 Å². The van der Waals surface area contributed by atoms with Crippen LogP contribution in [0.3, 0.4) is 0 Å². The van der Waals surface area contributed by atoms with Crippen molar-refractivity contribution in [2.75, 3.05) is 18.5 Å². The molecule has 0 atom stereocenters. The molecule has 0 saturated heterocycles. The molecule has 0 N–H and O–H groups in total. The minimum Gasteiger partial charge on any atom is -0.495 e. The Morgan fingerprint density at radius 2 is 1.74 bits per heavy atom. The second-order valence-electron chi connectivity index (χ2n) is 4.46. The van der Waals surface area contributed by atoms with E-state index in [9.17, 15) is 12.8 Å². The van der Waals surface area contributed by atoms with Crippen LogP contribution in [-0.4, -0.2) is 22.6 Å². The zero-order valence-corrected chi connectivity index (χ0v) is 15.1. The topological polar surface area (TPSA) is 46.6 Å². The smallest absolute Gasteiger partial charge is 0.265 e. The summed E-state index contributed by atoms with van der Waals surface area (Å²) in [5.41, 5.74) is 0.180. The average molecular weight is 399 g/mol. The molecule has 0 saturated carbocycles. The van der Waals surface area contributed by atoms with Crippen molar-refractivity contribution in [3.8, 4) is 5.75 Å². The van der Waals surface area contributed by atoms with Crippen molar-refractivity contribution >= 4 is 50.5 Å². The van der Waals surface area contributed by atoms with Gasteiger partial charge in [-0.1, -0.05) is 34.8 Å². The molecule has 2 aromatic rings. The minimum absolute atomic E-state index is 0.0132. The van der Waals surface area contributed by atoms with E-state index in [4.69, 9.17) is 39.5 Å². The number of anilines is 1. The van der Waals surface area contributed by atoms with Crippen LogP contribution in [0, 0.1) is 5.82 Å². The van der Waals surface area contributed by atoms with Crippen LogP contribution in [0.4, 0.5) is 10.1 Å². The lowest BCUT2D eigenvalue weighted by atomic mass is 10.3. The summed E-state index contributed by atoms with van der Waals surface area (Å²) in [5, 5.41) is -0.365. The molecule has 124 valence electrons. The van der Waals surface area contributed by atoms with Crippen molar-refractivity contribution in [2.45, 2.75) is 4.90 Å². The Bertz CT molecular complexity index is 859. The van der Waals surface area contributed by atoms with Crippen LogP contribution in [0.25, 0.3) is 0 Å². The summed E-state index contributed by atoms with van der Waals surface area (Å²) in [7, 11) is -1.33. The third-order valence-electron chi connectivity index (χ3n) is 3.14. The van der Waals surface area contributed by atoms with Crippen LogP contribution in [0.5, 0.6) is 5.75 Å². The van der Waals surface area contributed by atoms with E-state index >= 15 is 0 Å². The maximum absolute atomic E-state index is 13.2. The van der Waals surface area contributed by atoms with Gasteiger partial charge in [0.05, 0.1) is 22.8 Å². The van der Waals surface area contributed by atoms with Crippen LogP contribution >= 0.6 is 34.8 Å². The highest BCUT2D eigenvalue weighted by molar-refractivity contribution is 7.93. The molecular weight excluding hydrogens is 388 g/mol. The lowest BCUT2D eigenvalue weighted by molar-refractivity contribution is 0.414. The molecule has 0 radical (unpaired) electrons. The largest absolute Gasteiger partial charge is 0.495 e. The second kappa shape index (κ2) is 6.73. The lowest BCUT2D eigenvalue weighted by Crippen LogP contribution is -2.27. The first kappa shape index (κ1) is 18.1. The summed E-state index contributed by atoms with van der Waals surface area (Å²) in [6, 6.07) is 6.24. The fourth-order valence-corrected chi connectivity index (χ4v) is 4.01.